The summed E-state index contributed by atoms with van der Waals surface area (Å²) in [7, 11) is -3.51. The highest BCUT2D eigenvalue weighted by Gasteiger charge is 2.37. The molecule has 1 heterocycles. The predicted molar refractivity (Wildman–Crippen MR) is 58.8 cm³/mol. The zero-order chi connectivity index (χ0) is 11.9. The normalized spacial score (nSPS) is 24.8. The Morgan fingerprint density at radius 2 is 2.00 bits per heavy atom. The Kier molecular flexibility index (Phi) is 2.53. The van der Waals surface area contributed by atoms with Gasteiger partial charge in [0, 0.05) is 0 Å². The van der Waals surface area contributed by atoms with Gasteiger partial charge in [-0.3, -0.25) is 4.31 Å². The molecule has 6 heteroatoms. The maximum absolute atomic E-state index is 13.5. The molecule has 88 valence electrons. The van der Waals surface area contributed by atoms with Crippen LogP contribution >= 0.6 is 0 Å². The predicted octanol–water partition coefficient (Wildman–Crippen LogP) is 1.53. The molecule has 0 saturated carbocycles. The van der Waals surface area contributed by atoms with Gasteiger partial charge in [-0.1, -0.05) is 12.1 Å². The van der Waals surface area contributed by atoms with Gasteiger partial charge >= 0.3 is 0 Å². The quantitative estimate of drug-likeness (QED) is 0.753. The molecule has 0 fully saturated rings. The Balaban J connectivity index is 2.59. The summed E-state index contributed by atoms with van der Waals surface area (Å²) in [4.78, 5) is 0. The lowest BCUT2D eigenvalue weighted by Gasteiger charge is -2.36. The van der Waals surface area contributed by atoms with Crippen LogP contribution in [0.25, 0.3) is 0 Å². The van der Waals surface area contributed by atoms with Gasteiger partial charge in [0.25, 0.3) is 6.36 Å². The second-order valence-corrected chi connectivity index (χ2v) is 5.60. The van der Waals surface area contributed by atoms with E-state index in [1.165, 1.54) is 6.92 Å². The lowest BCUT2D eigenvalue weighted by Crippen LogP contribution is -2.48. The number of ether oxygens (including phenoxy) is 1. The smallest absolute Gasteiger partial charge is 0.259 e. The molecule has 1 aliphatic rings. The maximum Gasteiger partial charge on any atom is 0.259 e. The maximum atomic E-state index is 13.5. The van der Waals surface area contributed by atoms with E-state index in [0.29, 0.717) is 5.69 Å². The van der Waals surface area contributed by atoms with E-state index >= 15 is 0 Å². The van der Waals surface area contributed by atoms with Crippen molar-refractivity contribution in [3.8, 4) is 5.75 Å². The number of fused-ring (bicyclic) bond motifs is 1. The number of hydrogen-bond donors (Lipinski definition) is 0. The minimum atomic E-state index is -3.51. The first kappa shape index (κ1) is 11.2. The molecule has 1 aromatic carbocycles. The third kappa shape index (κ3) is 1.73. The van der Waals surface area contributed by atoms with Crippen molar-refractivity contribution in [2.45, 2.75) is 19.3 Å². The first-order valence-corrected chi connectivity index (χ1v) is 6.65. The molecule has 0 bridgehead atoms. The third-order valence-electron chi connectivity index (χ3n) is 2.45. The van der Waals surface area contributed by atoms with E-state index < -0.39 is 22.4 Å². The van der Waals surface area contributed by atoms with Crippen LogP contribution in [0.4, 0.5) is 10.1 Å². The van der Waals surface area contributed by atoms with E-state index in [2.05, 4.69) is 0 Å². The molecular formula is C10H12FNO3S. The molecule has 16 heavy (non-hydrogen) atoms. The van der Waals surface area contributed by atoms with Gasteiger partial charge in [0.2, 0.25) is 10.0 Å². The SMILES string of the molecule is CC1C(F)Oc2ccccc2N1S(C)(=O)=O. The van der Waals surface area contributed by atoms with Crippen LogP contribution in [0.1, 0.15) is 6.92 Å². The molecule has 0 N–H and O–H groups in total. The summed E-state index contributed by atoms with van der Waals surface area (Å²) in [6, 6.07) is 5.64. The number of para-hydroxylation sites is 2. The lowest BCUT2D eigenvalue weighted by molar-refractivity contribution is 0.0413. The van der Waals surface area contributed by atoms with Crippen molar-refractivity contribution in [3.05, 3.63) is 24.3 Å². The van der Waals surface area contributed by atoms with Crippen LogP contribution in [0, 0.1) is 0 Å². The monoisotopic (exact) mass is 245 g/mol. The molecule has 2 rings (SSSR count). The molecule has 0 aliphatic carbocycles. The number of hydrogen-bond acceptors (Lipinski definition) is 3. The van der Waals surface area contributed by atoms with Crippen molar-refractivity contribution in [2.24, 2.45) is 0 Å². The van der Waals surface area contributed by atoms with Gasteiger partial charge in [-0.25, -0.2) is 8.42 Å². The van der Waals surface area contributed by atoms with Gasteiger partial charge in [-0.05, 0) is 19.1 Å². The summed E-state index contributed by atoms with van der Waals surface area (Å²) < 4.78 is 42.8. The Labute approximate surface area is 93.7 Å². The molecule has 0 radical (unpaired) electrons. The van der Waals surface area contributed by atoms with E-state index in [1.807, 2.05) is 0 Å². The van der Waals surface area contributed by atoms with Crippen LogP contribution in [0.15, 0.2) is 24.3 Å². The summed E-state index contributed by atoms with van der Waals surface area (Å²) in [6.07, 6.45) is -0.595. The van der Waals surface area contributed by atoms with Gasteiger partial charge in [-0.2, -0.15) is 4.39 Å². The molecule has 0 aromatic heterocycles. The van der Waals surface area contributed by atoms with Crippen molar-refractivity contribution in [1.29, 1.82) is 0 Å². The zero-order valence-electron chi connectivity index (χ0n) is 8.92. The highest BCUT2D eigenvalue weighted by Crippen LogP contribution is 2.37. The number of anilines is 1. The van der Waals surface area contributed by atoms with Gasteiger partial charge < -0.3 is 4.74 Å². The second-order valence-electron chi connectivity index (χ2n) is 3.74. The Morgan fingerprint density at radius 1 is 1.38 bits per heavy atom. The standard InChI is InChI=1S/C10H12FNO3S/c1-7-10(11)15-9-6-4-3-5-8(9)12(7)16(2,13)14/h3-7,10H,1-2H3. The fraction of sp³-hybridized carbons (Fsp3) is 0.400. The van der Waals surface area contributed by atoms with Crippen molar-refractivity contribution >= 4 is 15.7 Å². The van der Waals surface area contributed by atoms with Crippen molar-refractivity contribution < 1.29 is 17.5 Å². The van der Waals surface area contributed by atoms with E-state index in [1.54, 1.807) is 24.3 Å². The molecule has 0 amide bonds. The van der Waals surface area contributed by atoms with Gasteiger partial charge in [0.05, 0.1) is 11.9 Å². The minimum Gasteiger partial charge on any atom is -0.456 e. The van der Waals surface area contributed by atoms with Crippen LogP contribution in [0.2, 0.25) is 0 Å². The summed E-state index contributed by atoms with van der Waals surface area (Å²) in [5.74, 6) is 0.249. The van der Waals surface area contributed by atoms with Crippen molar-refractivity contribution in [1.82, 2.24) is 0 Å². The van der Waals surface area contributed by atoms with Gasteiger partial charge in [0.15, 0.2) is 0 Å². The van der Waals surface area contributed by atoms with Crippen molar-refractivity contribution in [2.75, 3.05) is 10.6 Å². The lowest BCUT2D eigenvalue weighted by atomic mass is 10.2. The van der Waals surface area contributed by atoms with E-state index in [0.717, 1.165) is 10.6 Å². The van der Waals surface area contributed by atoms with Crippen LogP contribution in [0.5, 0.6) is 5.75 Å². The van der Waals surface area contributed by atoms with E-state index in [9.17, 15) is 12.8 Å². The minimum absolute atomic E-state index is 0.249. The molecule has 1 aromatic rings. The number of nitrogens with zero attached hydrogens (tertiary/aromatic N) is 1. The van der Waals surface area contributed by atoms with Crippen LogP contribution < -0.4 is 9.04 Å². The second kappa shape index (κ2) is 3.62. The number of benzene rings is 1. The Hall–Kier alpha value is -1.30. The summed E-state index contributed by atoms with van der Waals surface area (Å²) in [6.45, 7) is 1.47. The molecule has 1 aliphatic heterocycles. The molecule has 4 nitrogen and oxygen atoms in total. The highest BCUT2D eigenvalue weighted by molar-refractivity contribution is 7.92. The van der Waals surface area contributed by atoms with Crippen molar-refractivity contribution in [3.63, 3.8) is 0 Å². The first-order valence-electron chi connectivity index (χ1n) is 4.80. The molecular weight excluding hydrogens is 233 g/mol. The topological polar surface area (TPSA) is 46.6 Å². The zero-order valence-corrected chi connectivity index (χ0v) is 9.74. The molecule has 2 unspecified atom stereocenters. The van der Waals surface area contributed by atoms with Gasteiger partial charge in [-0.15, -0.1) is 0 Å². The molecule has 0 spiro atoms. The first-order chi connectivity index (χ1) is 7.41. The number of alkyl halides is 1. The number of rotatable bonds is 1. The number of sulfonamides is 1. The summed E-state index contributed by atoms with van der Waals surface area (Å²) in [5.41, 5.74) is 0.381. The van der Waals surface area contributed by atoms with Gasteiger partial charge in [0.1, 0.15) is 11.8 Å². The average Bonchev–Trinajstić information content (AvgIpc) is 2.17. The summed E-state index contributed by atoms with van der Waals surface area (Å²) >= 11 is 0. The molecule has 2 atom stereocenters. The largest absolute Gasteiger partial charge is 0.456 e. The van der Waals surface area contributed by atoms with Crippen LogP contribution in [-0.4, -0.2) is 27.1 Å². The highest BCUT2D eigenvalue weighted by atomic mass is 32.2. The molecule has 0 saturated heterocycles. The van der Waals surface area contributed by atoms with Crippen LogP contribution in [-0.2, 0) is 10.0 Å². The summed E-state index contributed by atoms with van der Waals surface area (Å²) in [5, 5.41) is 0. The van der Waals surface area contributed by atoms with Crippen LogP contribution in [0.3, 0.4) is 0 Å². The third-order valence-corrected chi connectivity index (χ3v) is 3.69. The average molecular weight is 245 g/mol. The fourth-order valence-corrected chi connectivity index (χ4v) is 2.97. The number of halogens is 1. The van der Waals surface area contributed by atoms with E-state index in [4.69, 9.17) is 4.74 Å². The van der Waals surface area contributed by atoms with E-state index in [-0.39, 0.29) is 5.75 Å². The fourth-order valence-electron chi connectivity index (χ4n) is 1.77. The Bertz CT molecular complexity index is 503. The Morgan fingerprint density at radius 3 is 2.62 bits per heavy atom.